The van der Waals surface area contributed by atoms with E-state index in [-0.39, 0.29) is 18.7 Å². The predicted octanol–water partition coefficient (Wildman–Crippen LogP) is 0.939. The maximum atomic E-state index is 12.7. The number of aromatic nitrogens is 3. The molecule has 134 valence electrons. The molecule has 1 N–H and O–H groups in total. The number of nitro groups is 1. The standard InChI is InChI=1S/C13H12F3N5O4/c1-19-11(13(14,15)16)18-20(12(19)23)7-6-17-10(22)8-4-2-3-5-9(8)21(24)25/h2-5H,6-7H2,1H3,(H,17,22). The van der Waals surface area contributed by atoms with Crippen molar-refractivity contribution in [3.63, 3.8) is 0 Å². The lowest BCUT2D eigenvalue weighted by molar-refractivity contribution is -0.385. The third-order valence-electron chi connectivity index (χ3n) is 3.25. The number of carbonyl (C=O) groups excluding carboxylic acids is 1. The Morgan fingerprint density at radius 1 is 1.36 bits per heavy atom. The van der Waals surface area contributed by atoms with Crippen molar-refractivity contribution in [2.45, 2.75) is 12.7 Å². The topological polar surface area (TPSA) is 112 Å². The predicted molar refractivity (Wildman–Crippen MR) is 77.9 cm³/mol. The molecule has 2 rings (SSSR count). The number of hydrogen-bond acceptors (Lipinski definition) is 5. The van der Waals surface area contributed by atoms with Crippen LogP contribution in [-0.4, -0.2) is 31.7 Å². The van der Waals surface area contributed by atoms with E-state index >= 15 is 0 Å². The smallest absolute Gasteiger partial charge is 0.350 e. The average molecular weight is 359 g/mol. The first-order chi connectivity index (χ1) is 11.6. The zero-order valence-electron chi connectivity index (χ0n) is 12.8. The summed E-state index contributed by atoms with van der Waals surface area (Å²) in [5.41, 5.74) is -1.60. The van der Waals surface area contributed by atoms with Crippen molar-refractivity contribution in [3.05, 3.63) is 56.3 Å². The SMILES string of the molecule is Cn1c(C(F)(F)F)nn(CCNC(=O)c2ccccc2[N+](=O)[O-])c1=O. The zero-order valence-corrected chi connectivity index (χ0v) is 12.8. The van der Waals surface area contributed by atoms with E-state index in [1.165, 1.54) is 18.2 Å². The summed E-state index contributed by atoms with van der Waals surface area (Å²) in [5, 5.41) is 16.3. The first-order valence-corrected chi connectivity index (χ1v) is 6.85. The van der Waals surface area contributed by atoms with Gasteiger partial charge >= 0.3 is 11.9 Å². The van der Waals surface area contributed by atoms with Crippen LogP contribution in [0.1, 0.15) is 16.2 Å². The minimum atomic E-state index is -4.78. The first-order valence-electron chi connectivity index (χ1n) is 6.85. The summed E-state index contributed by atoms with van der Waals surface area (Å²) in [6.45, 7) is -0.561. The maximum absolute atomic E-state index is 12.7. The molecule has 0 spiro atoms. The minimum absolute atomic E-state index is 0.197. The van der Waals surface area contributed by atoms with Gasteiger partial charge in [0.1, 0.15) is 5.56 Å². The van der Waals surface area contributed by atoms with Crippen molar-refractivity contribution in [3.8, 4) is 0 Å². The van der Waals surface area contributed by atoms with E-state index in [2.05, 4.69) is 10.4 Å². The largest absolute Gasteiger partial charge is 0.451 e. The van der Waals surface area contributed by atoms with Crippen molar-refractivity contribution in [1.82, 2.24) is 19.7 Å². The molecule has 0 aliphatic rings. The van der Waals surface area contributed by atoms with Gasteiger partial charge in [-0.05, 0) is 6.07 Å². The van der Waals surface area contributed by atoms with Crippen molar-refractivity contribution in [2.75, 3.05) is 6.54 Å². The fraction of sp³-hybridized carbons (Fsp3) is 0.308. The molecule has 12 heteroatoms. The van der Waals surface area contributed by atoms with Crippen LogP contribution in [0.4, 0.5) is 18.9 Å². The van der Waals surface area contributed by atoms with E-state index in [9.17, 15) is 32.9 Å². The Labute approximate surface area is 137 Å². The van der Waals surface area contributed by atoms with Gasteiger partial charge in [0.25, 0.3) is 11.6 Å². The van der Waals surface area contributed by atoms with Gasteiger partial charge in [-0.25, -0.2) is 9.48 Å². The normalized spacial score (nSPS) is 11.4. The van der Waals surface area contributed by atoms with Gasteiger partial charge in [-0.2, -0.15) is 13.2 Å². The number of rotatable bonds is 5. The number of carbonyl (C=O) groups is 1. The molecule has 0 aliphatic heterocycles. The van der Waals surface area contributed by atoms with Crippen LogP contribution in [0.3, 0.4) is 0 Å². The Hall–Kier alpha value is -3.18. The minimum Gasteiger partial charge on any atom is -0.350 e. The molecule has 9 nitrogen and oxygen atoms in total. The summed E-state index contributed by atoms with van der Waals surface area (Å²) in [7, 11) is 0.931. The lowest BCUT2D eigenvalue weighted by atomic mass is 10.1. The molecule has 1 heterocycles. The Morgan fingerprint density at radius 3 is 2.56 bits per heavy atom. The summed E-state index contributed by atoms with van der Waals surface area (Å²) in [6, 6.07) is 5.21. The third-order valence-corrected chi connectivity index (χ3v) is 3.25. The summed E-state index contributed by atoms with van der Waals surface area (Å²) in [5.74, 6) is -2.14. The highest BCUT2D eigenvalue weighted by molar-refractivity contribution is 5.98. The molecule has 0 radical (unpaired) electrons. The zero-order chi connectivity index (χ0) is 18.8. The highest BCUT2D eigenvalue weighted by Crippen LogP contribution is 2.25. The summed E-state index contributed by atoms with van der Waals surface area (Å²) >= 11 is 0. The molecule has 0 atom stereocenters. The van der Waals surface area contributed by atoms with Gasteiger partial charge in [-0.1, -0.05) is 12.1 Å². The number of halogens is 3. The monoisotopic (exact) mass is 359 g/mol. The van der Waals surface area contributed by atoms with Crippen LogP contribution in [0.2, 0.25) is 0 Å². The number of amides is 1. The third kappa shape index (κ3) is 3.84. The highest BCUT2D eigenvalue weighted by atomic mass is 19.4. The van der Waals surface area contributed by atoms with Gasteiger partial charge in [0.05, 0.1) is 11.5 Å². The Bertz CT molecular complexity index is 871. The molecule has 0 saturated carbocycles. The van der Waals surface area contributed by atoms with Crippen LogP contribution in [0.15, 0.2) is 29.1 Å². The second-order valence-corrected chi connectivity index (χ2v) is 4.92. The molecule has 0 fully saturated rings. The van der Waals surface area contributed by atoms with Crippen LogP contribution in [0.25, 0.3) is 0 Å². The van der Waals surface area contributed by atoms with Gasteiger partial charge in [0, 0.05) is 19.7 Å². The average Bonchev–Trinajstić information content (AvgIpc) is 2.83. The second-order valence-electron chi connectivity index (χ2n) is 4.92. The molecule has 0 bridgehead atoms. The number of nitro benzene ring substituents is 1. The van der Waals surface area contributed by atoms with Crippen LogP contribution in [0, 0.1) is 10.1 Å². The number of nitrogens with zero attached hydrogens (tertiary/aromatic N) is 4. The van der Waals surface area contributed by atoms with E-state index in [4.69, 9.17) is 0 Å². The van der Waals surface area contributed by atoms with E-state index in [1.54, 1.807) is 0 Å². The van der Waals surface area contributed by atoms with Crippen molar-refractivity contribution in [2.24, 2.45) is 7.05 Å². The van der Waals surface area contributed by atoms with Crippen LogP contribution in [0.5, 0.6) is 0 Å². The molecule has 2 aromatic rings. The van der Waals surface area contributed by atoms with Crippen LogP contribution >= 0.6 is 0 Å². The Morgan fingerprint density at radius 2 is 2.00 bits per heavy atom. The number of hydrogen-bond donors (Lipinski definition) is 1. The van der Waals surface area contributed by atoms with Gasteiger partial charge in [-0.15, -0.1) is 5.10 Å². The molecule has 1 amide bonds. The van der Waals surface area contributed by atoms with E-state index in [0.29, 0.717) is 9.25 Å². The number of nitrogens with one attached hydrogen (secondary N) is 1. The number of benzene rings is 1. The fourth-order valence-corrected chi connectivity index (χ4v) is 2.08. The molecule has 25 heavy (non-hydrogen) atoms. The van der Waals surface area contributed by atoms with Crippen molar-refractivity contribution >= 4 is 11.6 Å². The number of alkyl halides is 3. The fourth-order valence-electron chi connectivity index (χ4n) is 2.08. The van der Waals surface area contributed by atoms with Crippen LogP contribution < -0.4 is 11.0 Å². The van der Waals surface area contributed by atoms with Gasteiger partial charge in [0.2, 0.25) is 5.82 Å². The molecular weight excluding hydrogens is 347 g/mol. The highest BCUT2D eigenvalue weighted by Gasteiger charge is 2.37. The molecular formula is C13H12F3N5O4. The molecule has 1 aromatic heterocycles. The van der Waals surface area contributed by atoms with Gasteiger partial charge in [0.15, 0.2) is 0 Å². The molecule has 0 saturated heterocycles. The van der Waals surface area contributed by atoms with Crippen molar-refractivity contribution in [1.29, 1.82) is 0 Å². The van der Waals surface area contributed by atoms with Gasteiger partial charge in [-0.3, -0.25) is 19.5 Å². The van der Waals surface area contributed by atoms with E-state index in [1.807, 2.05) is 0 Å². The Balaban J connectivity index is 2.08. The Kier molecular flexibility index (Phi) is 4.90. The first kappa shape index (κ1) is 18.2. The number of para-hydroxylation sites is 1. The molecule has 1 aromatic carbocycles. The van der Waals surface area contributed by atoms with Crippen LogP contribution in [-0.2, 0) is 19.8 Å². The van der Waals surface area contributed by atoms with E-state index in [0.717, 1.165) is 13.1 Å². The lowest BCUT2D eigenvalue weighted by Crippen LogP contribution is -2.32. The molecule has 0 aliphatic carbocycles. The second kappa shape index (κ2) is 6.75. The van der Waals surface area contributed by atoms with E-state index < -0.39 is 34.2 Å². The van der Waals surface area contributed by atoms with Crippen molar-refractivity contribution < 1.29 is 22.9 Å². The maximum Gasteiger partial charge on any atom is 0.451 e. The quantitative estimate of drug-likeness (QED) is 0.631. The van der Waals surface area contributed by atoms with Gasteiger partial charge < -0.3 is 5.32 Å². The summed E-state index contributed by atoms with van der Waals surface area (Å²) in [6.07, 6.45) is -4.78. The summed E-state index contributed by atoms with van der Waals surface area (Å²) < 4.78 is 38.9. The molecule has 0 unspecified atom stereocenters. The lowest BCUT2D eigenvalue weighted by Gasteiger charge is -2.05. The summed E-state index contributed by atoms with van der Waals surface area (Å²) in [4.78, 5) is 33.8.